The predicted octanol–water partition coefficient (Wildman–Crippen LogP) is 3.66. The van der Waals surface area contributed by atoms with Crippen LogP contribution in [0.1, 0.15) is 0 Å². The van der Waals surface area contributed by atoms with Crippen molar-refractivity contribution in [3.8, 4) is 0 Å². The van der Waals surface area contributed by atoms with Gasteiger partial charge in [0.25, 0.3) is 0 Å². The molecular formula is HI2PS2. The minimum absolute atomic E-state index is 0.0305. The Kier molecular flexibility index (Phi) is 7.20. The molecule has 0 aliphatic rings. The lowest BCUT2D eigenvalue weighted by Crippen LogP contribution is -1.07. The quantitative estimate of drug-likeness (QED) is 0.428. The van der Waals surface area contributed by atoms with E-state index in [1.807, 2.05) is 0 Å². The second-order valence-electron chi connectivity index (χ2n) is 0.295. The van der Waals surface area contributed by atoms with Crippen LogP contribution in [0.5, 0.6) is 0 Å². The largest absolute Gasteiger partial charge is 0.129 e. The highest BCUT2D eigenvalue weighted by molar-refractivity contribution is 14.2. The first-order valence-corrected chi connectivity index (χ1v) is 9.95. The van der Waals surface area contributed by atoms with Gasteiger partial charge in [-0.25, -0.2) is 0 Å². The van der Waals surface area contributed by atoms with Gasteiger partial charge in [0.05, 0.1) is 3.97 Å². The van der Waals surface area contributed by atoms with Crippen LogP contribution in [0.4, 0.5) is 0 Å². The molecule has 0 aromatic rings. The monoisotopic (exact) mass is 350 g/mol. The van der Waals surface area contributed by atoms with Crippen molar-refractivity contribution < 1.29 is 0 Å². The van der Waals surface area contributed by atoms with E-state index in [0.29, 0.717) is 0 Å². The lowest BCUT2D eigenvalue weighted by molar-refractivity contribution is 5.70. The summed E-state index contributed by atoms with van der Waals surface area (Å²) < 4.78 is -0.0305. The maximum Gasteiger partial charge on any atom is 0.0856 e. The van der Waals surface area contributed by atoms with Gasteiger partial charge in [-0.05, 0) is 30.6 Å². The van der Waals surface area contributed by atoms with Crippen LogP contribution in [0.15, 0.2) is 0 Å². The highest BCUT2D eigenvalue weighted by atomic mass is 127. The number of halogens is 2. The smallest absolute Gasteiger partial charge is 0.0856 e. The van der Waals surface area contributed by atoms with Crippen molar-refractivity contribution >= 4 is 68.0 Å². The maximum atomic E-state index is 4.10. The molecule has 0 rings (SSSR count). The molecule has 1 unspecified atom stereocenters. The Morgan fingerprint density at radius 1 is 1.80 bits per heavy atom. The van der Waals surface area contributed by atoms with E-state index in [1.165, 1.54) is 0 Å². The van der Waals surface area contributed by atoms with Crippen LogP contribution in [-0.2, 0) is 0 Å². The molecule has 0 fully saturated rings. The molecule has 0 aliphatic heterocycles. The minimum atomic E-state index is -0.0305. The summed E-state index contributed by atoms with van der Waals surface area (Å²) >= 11 is 8.63. The molecule has 0 amide bonds. The molecule has 0 nitrogen and oxygen atoms in total. The normalized spacial score (nSPS) is 15.0. The van der Waals surface area contributed by atoms with Crippen molar-refractivity contribution in [2.45, 2.75) is 0 Å². The van der Waals surface area contributed by atoms with Gasteiger partial charge in [-0.3, -0.25) is 0 Å². The minimum Gasteiger partial charge on any atom is -0.129 e. The molecule has 0 radical (unpaired) electrons. The summed E-state index contributed by atoms with van der Waals surface area (Å²) in [5.41, 5.74) is 0. The van der Waals surface area contributed by atoms with Crippen molar-refractivity contribution in [3.05, 3.63) is 0 Å². The fraction of sp³-hybridized carbons (Fsp3) is 0. The Bertz CT molecular complexity index is 21.6. The molecule has 0 aromatic carbocycles. The maximum absolute atomic E-state index is 4.10. The Morgan fingerprint density at radius 3 is 2.00 bits per heavy atom. The first-order valence-electron chi connectivity index (χ1n) is 0.706. The average molecular weight is 350 g/mol. The number of rotatable bonds is 1. The van der Waals surface area contributed by atoms with E-state index in [1.54, 1.807) is 8.55 Å². The summed E-state index contributed by atoms with van der Waals surface area (Å²) in [7, 11) is 1.77. The highest BCUT2D eigenvalue weighted by Gasteiger charge is 1.86. The van der Waals surface area contributed by atoms with E-state index >= 15 is 0 Å². The molecule has 0 aliphatic carbocycles. The molecule has 0 aromatic heterocycles. The van der Waals surface area contributed by atoms with Gasteiger partial charge in [-0.15, -0.1) is 12.2 Å². The molecule has 5 heteroatoms. The Balaban J connectivity index is 2.54. The van der Waals surface area contributed by atoms with Crippen molar-refractivity contribution in [2.24, 2.45) is 0 Å². The van der Waals surface area contributed by atoms with Gasteiger partial charge in [0.1, 0.15) is 0 Å². The predicted molar refractivity (Wildman–Crippen MR) is 51.5 cm³/mol. The van der Waals surface area contributed by atoms with Gasteiger partial charge >= 0.3 is 0 Å². The van der Waals surface area contributed by atoms with E-state index in [-0.39, 0.29) is 3.97 Å². The van der Waals surface area contributed by atoms with E-state index in [4.69, 9.17) is 0 Å². The zero-order valence-electron chi connectivity index (χ0n) is 2.06. The topological polar surface area (TPSA) is 0 Å². The SMILES string of the molecule is SP(I)SI. The van der Waals surface area contributed by atoms with Crippen LogP contribution < -0.4 is 0 Å². The van der Waals surface area contributed by atoms with Crippen molar-refractivity contribution in [2.75, 3.05) is 0 Å². The van der Waals surface area contributed by atoms with Crippen LogP contribution in [0.3, 0.4) is 0 Å². The molecule has 0 heterocycles. The molecule has 0 bridgehead atoms. The van der Waals surface area contributed by atoms with E-state index < -0.39 is 0 Å². The third kappa shape index (κ3) is 6.59. The van der Waals surface area contributed by atoms with Gasteiger partial charge in [0.2, 0.25) is 0 Å². The molecule has 0 saturated carbocycles. The number of hydrogen-bond acceptors (Lipinski definition) is 2. The standard InChI is InChI=1S/HI2PS2/c1-3(4)5-2/h4H. The Hall–Kier alpha value is 2.59. The number of thiol groups is 1. The zero-order valence-corrected chi connectivity index (χ0v) is 8.98. The van der Waals surface area contributed by atoms with E-state index in [9.17, 15) is 0 Å². The van der Waals surface area contributed by atoms with Crippen LogP contribution in [-0.4, -0.2) is 0 Å². The number of hydrogen-bond donors (Lipinski definition) is 1. The van der Waals surface area contributed by atoms with Crippen molar-refractivity contribution in [1.29, 1.82) is 0 Å². The molecule has 0 spiro atoms. The lowest BCUT2D eigenvalue weighted by atomic mass is 30.0. The summed E-state index contributed by atoms with van der Waals surface area (Å²) in [4.78, 5) is 0. The summed E-state index contributed by atoms with van der Waals surface area (Å²) in [5, 5.41) is 0. The third-order valence-corrected chi connectivity index (χ3v) is 16.2. The van der Waals surface area contributed by atoms with Gasteiger partial charge in [0, 0.05) is 21.2 Å². The van der Waals surface area contributed by atoms with Crippen molar-refractivity contribution in [1.82, 2.24) is 0 Å². The second kappa shape index (κ2) is 4.74. The molecule has 1 atom stereocenters. The summed E-state index contributed by atoms with van der Waals surface area (Å²) in [5.74, 6) is 0. The molecule has 32 valence electrons. The molecule has 0 N–H and O–H groups in total. The van der Waals surface area contributed by atoms with Crippen molar-refractivity contribution in [3.63, 3.8) is 0 Å². The van der Waals surface area contributed by atoms with Gasteiger partial charge < -0.3 is 0 Å². The summed E-state index contributed by atoms with van der Waals surface area (Å²) in [6.45, 7) is 0. The van der Waals surface area contributed by atoms with Crippen LogP contribution in [0, 0.1) is 0 Å². The molecule has 5 heavy (non-hydrogen) atoms. The highest BCUT2D eigenvalue weighted by Crippen LogP contribution is 2.64. The fourth-order valence-corrected chi connectivity index (χ4v) is 0. The van der Waals surface area contributed by atoms with Gasteiger partial charge in [0.15, 0.2) is 0 Å². The average Bonchev–Trinajstić information content (AvgIpc) is 1.38. The first kappa shape index (κ1) is 7.59. The van der Waals surface area contributed by atoms with E-state index in [2.05, 4.69) is 55.5 Å². The second-order valence-corrected chi connectivity index (χ2v) is 15.1. The van der Waals surface area contributed by atoms with Gasteiger partial charge in [-0.2, -0.15) is 0 Å². The molecule has 0 saturated heterocycles. The van der Waals surface area contributed by atoms with Gasteiger partial charge in [-0.1, -0.05) is 0 Å². The fourth-order valence-electron chi connectivity index (χ4n) is 0. The Morgan fingerprint density at radius 2 is 2.00 bits per heavy atom. The Labute approximate surface area is 67.0 Å². The van der Waals surface area contributed by atoms with Crippen LogP contribution >= 0.6 is 68.0 Å². The van der Waals surface area contributed by atoms with Crippen LogP contribution in [0.25, 0.3) is 0 Å². The summed E-state index contributed by atoms with van der Waals surface area (Å²) in [6.07, 6.45) is 0. The lowest BCUT2D eigenvalue weighted by Gasteiger charge is -1.84. The summed E-state index contributed by atoms with van der Waals surface area (Å²) in [6, 6.07) is 0. The third-order valence-electron chi connectivity index (χ3n) is 0.0569. The van der Waals surface area contributed by atoms with E-state index in [0.717, 1.165) is 0 Å². The zero-order chi connectivity index (χ0) is 4.28. The van der Waals surface area contributed by atoms with Crippen LogP contribution in [0.2, 0.25) is 0 Å². The first-order chi connectivity index (χ1) is 2.27. The molecular weight excluding hydrogens is 349 g/mol.